The summed E-state index contributed by atoms with van der Waals surface area (Å²) in [7, 11) is 2.08. The Labute approximate surface area is 68.0 Å². The Morgan fingerprint density at radius 2 is 2.30 bits per heavy atom. The van der Waals surface area contributed by atoms with Gasteiger partial charge in [0.2, 0.25) is 0 Å². The Kier molecular flexibility index (Phi) is 3.57. The van der Waals surface area contributed by atoms with E-state index in [1.165, 1.54) is 25.0 Å². The first kappa shape index (κ1) is 8.41. The van der Waals surface area contributed by atoms with Gasteiger partial charge in [-0.05, 0) is 25.6 Å². The Balaban J connectivity index is 2.27. The lowest BCUT2D eigenvalue weighted by atomic mass is 10.2. The lowest BCUT2D eigenvalue weighted by Gasteiger charge is -2.16. The molecule has 1 rings (SSSR count). The number of nitrogens with one attached hydrogen (secondary N) is 1. The summed E-state index contributed by atoms with van der Waals surface area (Å²) < 4.78 is 0. The standard InChI is InChI=1S/C8H17NS/c1-3-10-8-6-4-5-7(8)9-2/h7-9H,3-6H2,1-2H3. The zero-order chi connectivity index (χ0) is 7.40. The van der Waals surface area contributed by atoms with Crippen molar-refractivity contribution in [3.8, 4) is 0 Å². The number of rotatable bonds is 3. The minimum absolute atomic E-state index is 0.796. The van der Waals surface area contributed by atoms with Crippen molar-refractivity contribution in [2.75, 3.05) is 12.8 Å². The van der Waals surface area contributed by atoms with Crippen LogP contribution in [0.15, 0.2) is 0 Å². The highest BCUT2D eigenvalue weighted by atomic mass is 32.2. The molecule has 1 aliphatic rings. The molecule has 1 aliphatic carbocycles. The Bertz CT molecular complexity index is 95.3. The molecule has 2 atom stereocenters. The van der Waals surface area contributed by atoms with Crippen LogP contribution in [0.5, 0.6) is 0 Å². The third-order valence-electron chi connectivity index (χ3n) is 2.20. The SMILES string of the molecule is CCSC1CCCC1NC. The maximum atomic E-state index is 3.38. The number of hydrogen-bond donors (Lipinski definition) is 1. The molecule has 0 aromatic heterocycles. The third-order valence-corrected chi connectivity index (χ3v) is 3.53. The van der Waals surface area contributed by atoms with Crippen molar-refractivity contribution in [1.82, 2.24) is 5.32 Å². The molecule has 1 N–H and O–H groups in total. The van der Waals surface area contributed by atoms with E-state index in [0.29, 0.717) is 0 Å². The minimum Gasteiger partial charge on any atom is -0.316 e. The molecule has 0 aromatic rings. The van der Waals surface area contributed by atoms with Gasteiger partial charge in [0, 0.05) is 11.3 Å². The predicted molar refractivity (Wildman–Crippen MR) is 48.6 cm³/mol. The molecule has 0 bridgehead atoms. The largest absolute Gasteiger partial charge is 0.316 e. The smallest absolute Gasteiger partial charge is 0.0200 e. The maximum absolute atomic E-state index is 3.38. The van der Waals surface area contributed by atoms with Gasteiger partial charge in [-0.2, -0.15) is 11.8 Å². The van der Waals surface area contributed by atoms with Crippen LogP contribution in [0.4, 0.5) is 0 Å². The zero-order valence-electron chi connectivity index (χ0n) is 6.89. The molecule has 0 heterocycles. The van der Waals surface area contributed by atoms with Gasteiger partial charge < -0.3 is 5.32 Å². The van der Waals surface area contributed by atoms with Crippen LogP contribution < -0.4 is 5.32 Å². The summed E-state index contributed by atoms with van der Waals surface area (Å²) in [5.41, 5.74) is 0. The quantitative estimate of drug-likeness (QED) is 0.675. The molecule has 2 unspecified atom stereocenters. The summed E-state index contributed by atoms with van der Waals surface area (Å²) in [5.74, 6) is 1.27. The van der Waals surface area contributed by atoms with Crippen molar-refractivity contribution in [1.29, 1.82) is 0 Å². The van der Waals surface area contributed by atoms with Crippen LogP contribution in [0.3, 0.4) is 0 Å². The molecule has 1 saturated carbocycles. The molecule has 2 heteroatoms. The third kappa shape index (κ3) is 1.89. The van der Waals surface area contributed by atoms with E-state index in [0.717, 1.165) is 11.3 Å². The highest BCUT2D eigenvalue weighted by Crippen LogP contribution is 2.29. The van der Waals surface area contributed by atoms with Gasteiger partial charge in [-0.25, -0.2) is 0 Å². The van der Waals surface area contributed by atoms with Crippen molar-refractivity contribution in [2.45, 2.75) is 37.5 Å². The van der Waals surface area contributed by atoms with Gasteiger partial charge in [-0.1, -0.05) is 13.3 Å². The fourth-order valence-electron chi connectivity index (χ4n) is 1.67. The molecule has 0 spiro atoms. The van der Waals surface area contributed by atoms with Crippen molar-refractivity contribution in [3.05, 3.63) is 0 Å². The van der Waals surface area contributed by atoms with E-state index in [1.54, 1.807) is 0 Å². The average molecular weight is 159 g/mol. The van der Waals surface area contributed by atoms with Gasteiger partial charge in [0.25, 0.3) is 0 Å². The number of thioether (sulfide) groups is 1. The Morgan fingerprint density at radius 3 is 2.90 bits per heavy atom. The maximum Gasteiger partial charge on any atom is 0.0200 e. The molecule has 0 aromatic carbocycles. The van der Waals surface area contributed by atoms with E-state index in [4.69, 9.17) is 0 Å². The molecule has 60 valence electrons. The van der Waals surface area contributed by atoms with E-state index in [1.807, 2.05) is 0 Å². The average Bonchev–Trinajstić information content (AvgIpc) is 2.36. The van der Waals surface area contributed by atoms with Crippen molar-refractivity contribution >= 4 is 11.8 Å². The predicted octanol–water partition coefficient (Wildman–Crippen LogP) is 1.88. The van der Waals surface area contributed by atoms with E-state index >= 15 is 0 Å². The molecule has 0 aliphatic heterocycles. The summed E-state index contributed by atoms with van der Waals surface area (Å²) in [5, 5.41) is 4.28. The fraction of sp³-hybridized carbons (Fsp3) is 1.00. The van der Waals surface area contributed by atoms with Crippen LogP contribution in [0, 0.1) is 0 Å². The van der Waals surface area contributed by atoms with Crippen LogP contribution in [0.25, 0.3) is 0 Å². The van der Waals surface area contributed by atoms with Gasteiger partial charge in [-0.15, -0.1) is 0 Å². The summed E-state index contributed by atoms with van der Waals surface area (Å²) in [6, 6.07) is 0.796. The van der Waals surface area contributed by atoms with E-state index in [2.05, 4.69) is 31.1 Å². The van der Waals surface area contributed by atoms with Gasteiger partial charge in [0.05, 0.1) is 0 Å². The lowest BCUT2D eigenvalue weighted by Crippen LogP contribution is -2.30. The van der Waals surface area contributed by atoms with Crippen LogP contribution in [-0.2, 0) is 0 Å². The molecular formula is C8H17NS. The highest BCUT2D eigenvalue weighted by molar-refractivity contribution is 7.99. The fourth-order valence-corrected chi connectivity index (χ4v) is 2.94. The van der Waals surface area contributed by atoms with Crippen LogP contribution in [-0.4, -0.2) is 24.1 Å². The molecule has 0 radical (unpaired) electrons. The van der Waals surface area contributed by atoms with Crippen molar-refractivity contribution in [3.63, 3.8) is 0 Å². The topological polar surface area (TPSA) is 12.0 Å². The Morgan fingerprint density at radius 1 is 1.50 bits per heavy atom. The van der Waals surface area contributed by atoms with E-state index in [9.17, 15) is 0 Å². The normalized spacial score (nSPS) is 33.0. The van der Waals surface area contributed by atoms with Gasteiger partial charge >= 0.3 is 0 Å². The van der Waals surface area contributed by atoms with Gasteiger partial charge in [0.15, 0.2) is 0 Å². The summed E-state index contributed by atoms with van der Waals surface area (Å²) in [4.78, 5) is 0. The van der Waals surface area contributed by atoms with E-state index in [-0.39, 0.29) is 0 Å². The van der Waals surface area contributed by atoms with Crippen molar-refractivity contribution < 1.29 is 0 Å². The number of hydrogen-bond acceptors (Lipinski definition) is 2. The first-order valence-corrected chi connectivity index (χ1v) is 5.22. The summed E-state index contributed by atoms with van der Waals surface area (Å²) in [6.45, 7) is 2.25. The van der Waals surface area contributed by atoms with Crippen LogP contribution >= 0.6 is 11.8 Å². The highest BCUT2D eigenvalue weighted by Gasteiger charge is 2.24. The second-order valence-corrected chi connectivity index (χ2v) is 4.34. The van der Waals surface area contributed by atoms with Gasteiger partial charge in [-0.3, -0.25) is 0 Å². The molecule has 0 amide bonds. The lowest BCUT2D eigenvalue weighted by molar-refractivity contribution is 0.592. The molecular weight excluding hydrogens is 142 g/mol. The first-order valence-electron chi connectivity index (χ1n) is 4.17. The molecule has 1 nitrogen and oxygen atoms in total. The summed E-state index contributed by atoms with van der Waals surface area (Å²) >= 11 is 2.11. The van der Waals surface area contributed by atoms with E-state index < -0.39 is 0 Å². The second-order valence-electron chi connectivity index (χ2n) is 2.82. The van der Waals surface area contributed by atoms with Gasteiger partial charge in [0.1, 0.15) is 0 Å². The zero-order valence-corrected chi connectivity index (χ0v) is 7.71. The second kappa shape index (κ2) is 4.24. The minimum atomic E-state index is 0.796. The first-order chi connectivity index (χ1) is 4.88. The van der Waals surface area contributed by atoms with Crippen LogP contribution in [0.1, 0.15) is 26.2 Å². The summed E-state index contributed by atoms with van der Waals surface area (Å²) in [6.07, 6.45) is 4.22. The Hall–Kier alpha value is 0.310. The van der Waals surface area contributed by atoms with Crippen LogP contribution in [0.2, 0.25) is 0 Å². The molecule has 1 fully saturated rings. The molecule has 0 saturated heterocycles. The molecule has 10 heavy (non-hydrogen) atoms. The monoisotopic (exact) mass is 159 g/mol. The van der Waals surface area contributed by atoms with Crippen molar-refractivity contribution in [2.24, 2.45) is 0 Å².